The zero-order chi connectivity index (χ0) is 9.72. The summed E-state index contributed by atoms with van der Waals surface area (Å²) in [4.78, 5) is 10.4. The van der Waals surface area contributed by atoms with Crippen LogP contribution >= 0.6 is 0 Å². The van der Waals surface area contributed by atoms with Crippen molar-refractivity contribution in [2.75, 3.05) is 6.61 Å². The number of hydrogen-bond donors (Lipinski definition) is 1. The summed E-state index contributed by atoms with van der Waals surface area (Å²) in [6.07, 6.45) is 0. The Labute approximate surface area is 69.3 Å². The van der Waals surface area contributed by atoms with Gasteiger partial charge in [-0.1, -0.05) is 13.8 Å². The fourth-order valence-electron chi connectivity index (χ4n) is 0.725. The highest BCUT2D eigenvalue weighted by Crippen LogP contribution is 2.12. The fraction of sp³-hybridized carbons (Fsp3) is 0.857. The van der Waals surface area contributed by atoms with Gasteiger partial charge in [0.1, 0.15) is 0 Å². The number of carboxylic acid groups (broad SMARTS) is 1. The molecule has 0 saturated heterocycles. The van der Waals surface area contributed by atoms with E-state index in [4.69, 9.17) is 5.11 Å². The first-order valence-corrected chi connectivity index (χ1v) is 3.57. The predicted octanol–water partition coefficient (Wildman–Crippen LogP) is 1.58. The lowest BCUT2D eigenvalue weighted by molar-refractivity contribution is -0.161. The second kappa shape index (κ2) is 5.03. The maximum absolute atomic E-state index is 11.5. The van der Waals surface area contributed by atoms with Crippen LogP contribution in [0.3, 0.4) is 0 Å². The first kappa shape index (κ1) is 11.3. The van der Waals surface area contributed by atoms with E-state index in [1.54, 1.807) is 13.8 Å². The number of halogens is 2. The average molecular weight is 182 g/mol. The summed E-state index contributed by atoms with van der Waals surface area (Å²) in [5, 5.41) is 8.53. The van der Waals surface area contributed by atoms with Gasteiger partial charge >= 0.3 is 12.6 Å². The molecule has 0 aliphatic heterocycles. The lowest BCUT2D eigenvalue weighted by atomic mass is 9.97. The van der Waals surface area contributed by atoms with E-state index in [2.05, 4.69) is 4.74 Å². The topological polar surface area (TPSA) is 46.5 Å². The molecule has 0 aromatic rings. The maximum atomic E-state index is 11.5. The molecule has 5 heteroatoms. The summed E-state index contributed by atoms with van der Waals surface area (Å²) in [7, 11) is 0. The van der Waals surface area contributed by atoms with E-state index < -0.39 is 25.1 Å². The lowest BCUT2D eigenvalue weighted by Gasteiger charge is -2.15. The molecule has 0 heterocycles. The van der Waals surface area contributed by atoms with Crippen LogP contribution in [0.25, 0.3) is 0 Å². The van der Waals surface area contributed by atoms with Gasteiger partial charge in [-0.3, -0.25) is 4.79 Å². The molecule has 12 heavy (non-hydrogen) atoms. The van der Waals surface area contributed by atoms with E-state index in [9.17, 15) is 13.6 Å². The molecule has 0 aromatic heterocycles. The summed E-state index contributed by atoms with van der Waals surface area (Å²) >= 11 is 0. The van der Waals surface area contributed by atoms with Crippen molar-refractivity contribution in [1.29, 1.82) is 0 Å². The standard InChI is InChI=1S/C7H12F2O3/c1-4(2)5(6(10)11)3-12-7(8)9/h4-5,7H,3H2,1-2H3,(H,10,11). The normalized spacial score (nSPS) is 13.8. The molecule has 0 aliphatic rings. The Morgan fingerprint density at radius 3 is 2.25 bits per heavy atom. The molecule has 1 unspecified atom stereocenters. The van der Waals surface area contributed by atoms with Crippen molar-refractivity contribution in [3.05, 3.63) is 0 Å². The largest absolute Gasteiger partial charge is 0.481 e. The first-order valence-electron chi connectivity index (χ1n) is 3.57. The van der Waals surface area contributed by atoms with Crippen LogP contribution in [0.2, 0.25) is 0 Å². The smallest absolute Gasteiger partial charge is 0.345 e. The van der Waals surface area contributed by atoms with Crippen LogP contribution in [0.15, 0.2) is 0 Å². The van der Waals surface area contributed by atoms with E-state index in [0.29, 0.717) is 0 Å². The number of ether oxygens (including phenoxy) is 1. The minimum Gasteiger partial charge on any atom is -0.481 e. The van der Waals surface area contributed by atoms with Crippen molar-refractivity contribution in [1.82, 2.24) is 0 Å². The number of carboxylic acids is 1. The van der Waals surface area contributed by atoms with Crippen molar-refractivity contribution in [3.63, 3.8) is 0 Å². The number of rotatable bonds is 5. The molecule has 0 spiro atoms. The fourth-order valence-corrected chi connectivity index (χ4v) is 0.725. The number of aliphatic carboxylic acids is 1. The molecule has 0 saturated carbocycles. The minimum absolute atomic E-state index is 0.207. The zero-order valence-electron chi connectivity index (χ0n) is 6.96. The molecule has 0 aromatic carbocycles. The van der Waals surface area contributed by atoms with Gasteiger partial charge in [-0.2, -0.15) is 8.78 Å². The number of alkyl halides is 2. The maximum Gasteiger partial charge on any atom is 0.345 e. The first-order chi connectivity index (χ1) is 5.45. The van der Waals surface area contributed by atoms with Gasteiger partial charge in [-0.05, 0) is 5.92 Å². The summed E-state index contributed by atoms with van der Waals surface area (Å²) < 4.78 is 26.9. The third-order valence-corrected chi connectivity index (χ3v) is 1.52. The Bertz CT molecular complexity index is 148. The van der Waals surface area contributed by atoms with Gasteiger partial charge in [-0.25, -0.2) is 0 Å². The van der Waals surface area contributed by atoms with Crippen LogP contribution in [0.4, 0.5) is 8.78 Å². The molecule has 0 amide bonds. The molecular formula is C7H12F2O3. The summed E-state index contributed by atoms with van der Waals surface area (Å²) in [6, 6.07) is 0. The molecule has 1 atom stereocenters. The Balaban J connectivity index is 3.88. The molecule has 3 nitrogen and oxygen atoms in total. The average Bonchev–Trinajstić information content (AvgIpc) is 1.84. The molecule has 0 aliphatic carbocycles. The van der Waals surface area contributed by atoms with E-state index in [1.807, 2.05) is 0 Å². The Morgan fingerprint density at radius 2 is 2.00 bits per heavy atom. The summed E-state index contributed by atoms with van der Waals surface area (Å²) in [6.45, 7) is -0.0445. The molecule has 0 radical (unpaired) electrons. The van der Waals surface area contributed by atoms with E-state index in [-0.39, 0.29) is 5.92 Å². The molecular weight excluding hydrogens is 170 g/mol. The van der Waals surface area contributed by atoms with E-state index in [0.717, 1.165) is 0 Å². The molecule has 72 valence electrons. The highest BCUT2D eigenvalue weighted by molar-refractivity contribution is 5.70. The zero-order valence-corrected chi connectivity index (χ0v) is 6.96. The minimum atomic E-state index is -2.90. The van der Waals surface area contributed by atoms with Crippen molar-refractivity contribution in [2.24, 2.45) is 11.8 Å². The highest BCUT2D eigenvalue weighted by atomic mass is 19.3. The Hall–Kier alpha value is -0.710. The van der Waals surface area contributed by atoms with Crippen LogP contribution in [-0.4, -0.2) is 24.3 Å². The second-order valence-corrected chi connectivity index (χ2v) is 2.78. The van der Waals surface area contributed by atoms with E-state index >= 15 is 0 Å². The van der Waals surface area contributed by atoms with Crippen LogP contribution in [0.1, 0.15) is 13.8 Å². The van der Waals surface area contributed by atoms with Crippen molar-refractivity contribution < 1.29 is 23.4 Å². The third kappa shape index (κ3) is 4.23. The van der Waals surface area contributed by atoms with Gasteiger partial charge in [0.2, 0.25) is 0 Å². The Morgan fingerprint density at radius 1 is 1.50 bits per heavy atom. The summed E-state index contributed by atoms with van der Waals surface area (Å²) in [5.74, 6) is -2.18. The van der Waals surface area contributed by atoms with Crippen LogP contribution in [0, 0.1) is 11.8 Å². The Kier molecular flexibility index (Phi) is 4.73. The van der Waals surface area contributed by atoms with Gasteiger partial charge in [0.25, 0.3) is 0 Å². The van der Waals surface area contributed by atoms with Crippen LogP contribution in [-0.2, 0) is 9.53 Å². The van der Waals surface area contributed by atoms with Gasteiger partial charge in [0, 0.05) is 0 Å². The van der Waals surface area contributed by atoms with Gasteiger partial charge in [0.15, 0.2) is 0 Å². The van der Waals surface area contributed by atoms with Crippen molar-refractivity contribution >= 4 is 5.97 Å². The van der Waals surface area contributed by atoms with Gasteiger partial charge in [-0.15, -0.1) is 0 Å². The molecule has 0 rings (SSSR count). The predicted molar refractivity (Wildman–Crippen MR) is 37.9 cm³/mol. The molecule has 1 N–H and O–H groups in total. The van der Waals surface area contributed by atoms with Crippen LogP contribution in [0.5, 0.6) is 0 Å². The molecule has 0 bridgehead atoms. The number of hydrogen-bond acceptors (Lipinski definition) is 2. The van der Waals surface area contributed by atoms with E-state index in [1.165, 1.54) is 0 Å². The quantitative estimate of drug-likeness (QED) is 0.702. The van der Waals surface area contributed by atoms with Gasteiger partial charge < -0.3 is 9.84 Å². The third-order valence-electron chi connectivity index (χ3n) is 1.52. The van der Waals surface area contributed by atoms with Gasteiger partial charge in [0.05, 0.1) is 12.5 Å². The van der Waals surface area contributed by atoms with Crippen molar-refractivity contribution in [2.45, 2.75) is 20.5 Å². The summed E-state index contributed by atoms with van der Waals surface area (Å²) in [5.41, 5.74) is 0. The molecule has 0 fully saturated rings. The lowest BCUT2D eigenvalue weighted by Crippen LogP contribution is -2.25. The highest BCUT2D eigenvalue weighted by Gasteiger charge is 2.22. The van der Waals surface area contributed by atoms with Crippen molar-refractivity contribution in [3.8, 4) is 0 Å². The number of carbonyl (C=O) groups is 1. The second-order valence-electron chi connectivity index (χ2n) is 2.78. The van der Waals surface area contributed by atoms with Crippen LogP contribution < -0.4 is 0 Å². The monoisotopic (exact) mass is 182 g/mol. The SMILES string of the molecule is CC(C)C(COC(F)F)C(=O)O.